The van der Waals surface area contributed by atoms with Crippen molar-refractivity contribution in [2.24, 2.45) is 0 Å². The first-order chi connectivity index (χ1) is 12.0. The molecule has 0 bridgehead atoms. The first-order valence-electron chi connectivity index (χ1n) is 7.84. The Labute approximate surface area is 142 Å². The second kappa shape index (κ2) is 5.59. The summed E-state index contributed by atoms with van der Waals surface area (Å²) >= 11 is 0. The number of amides is 1. The van der Waals surface area contributed by atoms with E-state index in [1.54, 1.807) is 29.8 Å². The number of carbonyl (C=O) groups is 1. The summed E-state index contributed by atoms with van der Waals surface area (Å²) in [6.07, 6.45) is 0. The first kappa shape index (κ1) is 15.1. The first-order valence-corrected chi connectivity index (χ1v) is 7.84. The molecular weight excluding hydrogens is 318 g/mol. The number of anilines is 1. The van der Waals surface area contributed by atoms with Gasteiger partial charge in [-0.05, 0) is 37.3 Å². The van der Waals surface area contributed by atoms with Crippen LogP contribution >= 0.6 is 0 Å². The molecule has 0 fully saturated rings. The maximum Gasteiger partial charge on any atom is 0.347 e. The van der Waals surface area contributed by atoms with Gasteiger partial charge in [-0.15, -0.1) is 0 Å². The topological polar surface area (TPSA) is 77.1 Å². The van der Waals surface area contributed by atoms with Crippen LogP contribution in [0.1, 0.15) is 12.6 Å². The van der Waals surface area contributed by atoms with Gasteiger partial charge >= 0.3 is 5.63 Å². The second-order valence-corrected chi connectivity index (χ2v) is 5.84. The number of nitrogens with one attached hydrogen (secondary N) is 1. The Kier molecular flexibility index (Phi) is 3.39. The maximum absolute atomic E-state index is 12.4. The Morgan fingerprint density at radius 2 is 1.92 bits per heavy atom. The Balaban J connectivity index is 2.13. The number of benzene rings is 2. The van der Waals surface area contributed by atoms with Crippen LogP contribution in [-0.4, -0.2) is 15.7 Å². The molecule has 1 amide bonds. The van der Waals surface area contributed by atoms with Gasteiger partial charge < -0.3 is 9.73 Å². The van der Waals surface area contributed by atoms with E-state index in [1.165, 1.54) is 6.92 Å². The molecule has 0 saturated heterocycles. The molecule has 0 aliphatic heterocycles. The number of nitrogens with zero attached hydrogens (tertiary/aromatic N) is 2. The molecule has 0 radical (unpaired) electrons. The van der Waals surface area contributed by atoms with Crippen LogP contribution in [0.3, 0.4) is 0 Å². The van der Waals surface area contributed by atoms with Crippen LogP contribution in [0, 0.1) is 6.92 Å². The summed E-state index contributed by atoms with van der Waals surface area (Å²) in [5.41, 5.74) is 2.77. The lowest BCUT2D eigenvalue weighted by Crippen LogP contribution is -2.06. The average molecular weight is 333 g/mol. The number of hydrogen-bond donors (Lipinski definition) is 1. The summed E-state index contributed by atoms with van der Waals surface area (Å²) in [5, 5.41) is 8.44. The van der Waals surface area contributed by atoms with Crippen LogP contribution in [0.15, 0.2) is 57.7 Å². The van der Waals surface area contributed by atoms with Crippen LogP contribution in [-0.2, 0) is 4.79 Å². The minimum atomic E-state index is -0.422. The Morgan fingerprint density at radius 1 is 1.16 bits per heavy atom. The smallest absolute Gasteiger partial charge is 0.347 e. The number of hydrogen-bond acceptors (Lipinski definition) is 4. The van der Waals surface area contributed by atoms with Crippen molar-refractivity contribution in [1.29, 1.82) is 0 Å². The molecule has 124 valence electrons. The lowest BCUT2D eigenvalue weighted by Gasteiger charge is -2.07. The van der Waals surface area contributed by atoms with Crippen LogP contribution in [0.4, 0.5) is 5.69 Å². The van der Waals surface area contributed by atoms with E-state index in [1.807, 2.05) is 30.3 Å². The van der Waals surface area contributed by atoms with Crippen LogP contribution < -0.4 is 10.9 Å². The van der Waals surface area contributed by atoms with Crippen molar-refractivity contribution in [3.63, 3.8) is 0 Å². The number of rotatable bonds is 2. The highest BCUT2D eigenvalue weighted by Gasteiger charge is 2.18. The monoisotopic (exact) mass is 333 g/mol. The van der Waals surface area contributed by atoms with E-state index < -0.39 is 5.63 Å². The van der Waals surface area contributed by atoms with Gasteiger partial charge in [-0.2, -0.15) is 5.10 Å². The number of fused-ring (bicyclic) bond motifs is 3. The molecule has 0 atom stereocenters. The fourth-order valence-electron chi connectivity index (χ4n) is 3.01. The van der Waals surface area contributed by atoms with E-state index in [4.69, 9.17) is 4.42 Å². The van der Waals surface area contributed by atoms with E-state index in [-0.39, 0.29) is 5.91 Å². The molecule has 1 N–H and O–H groups in total. The number of aryl methyl sites for hydroxylation is 1. The predicted octanol–water partition coefficient (Wildman–Crippen LogP) is 3.40. The van der Waals surface area contributed by atoms with Crippen LogP contribution in [0.2, 0.25) is 0 Å². The fourth-order valence-corrected chi connectivity index (χ4v) is 3.01. The molecule has 2 aromatic carbocycles. The van der Waals surface area contributed by atoms with Crippen molar-refractivity contribution in [2.45, 2.75) is 13.8 Å². The van der Waals surface area contributed by atoms with Crippen LogP contribution in [0.25, 0.3) is 27.6 Å². The van der Waals surface area contributed by atoms with E-state index in [0.717, 1.165) is 5.69 Å². The molecule has 0 aliphatic rings. The molecule has 6 nitrogen and oxygen atoms in total. The van der Waals surface area contributed by atoms with Gasteiger partial charge in [-0.25, -0.2) is 9.48 Å². The van der Waals surface area contributed by atoms with Crippen molar-refractivity contribution in [2.75, 3.05) is 5.32 Å². The summed E-state index contributed by atoms with van der Waals surface area (Å²) in [6, 6.07) is 14.8. The molecule has 0 aliphatic carbocycles. The molecular formula is C19H15N3O3. The van der Waals surface area contributed by atoms with Crippen LogP contribution in [0.5, 0.6) is 0 Å². The summed E-state index contributed by atoms with van der Waals surface area (Å²) in [4.78, 5) is 23.8. The molecule has 2 heterocycles. The molecule has 6 heteroatoms. The van der Waals surface area contributed by atoms with Crippen molar-refractivity contribution < 1.29 is 9.21 Å². The zero-order valence-electron chi connectivity index (χ0n) is 13.7. The van der Waals surface area contributed by atoms with Gasteiger partial charge in [0.05, 0.1) is 16.9 Å². The van der Waals surface area contributed by atoms with Crippen molar-refractivity contribution in [1.82, 2.24) is 9.78 Å². The standard InChI is InChI=1S/C19H15N3O3/c1-11-17-18(22(21-11)14-6-4-3-5-7-14)15-10-13(20-12(2)23)8-9-16(15)25-19(17)24/h3-10H,1-2H3,(H,20,23). The quantitative estimate of drug-likeness (QED) is 0.570. The minimum Gasteiger partial charge on any atom is -0.422 e. The molecule has 2 aromatic heterocycles. The third kappa shape index (κ3) is 2.48. The van der Waals surface area contributed by atoms with E-state index in [0.29, 0.717) is 33.3 Å². The molecule has 0 spiro atoms. The van der Waals surface area contributed by atoms with Crippen molar-refractivity contribution >= 4 is 33.5 Å². The Morgan fingerprint density at radius 3 is 2.64 bits per heavy atom. The number of carbonyl (C=O) groups excluding carboxylic acids is 1. The van der Waals surface area contributed by atoms with Gasteiger partial charge in [-0.3, -0.25) is 4.79 Å². The SMILES string of the molecule is CC(=O)Nc1ccc2oc(=O)c3c(C)nn(-c4ccccc4)c3c2c1. The third-order valence-corrected chi connectivity index (χ3v) is 4.02. The molecule has 0 saturated carbocycles. The second-order valence-electron chi connectivity index (χ2n) is 5.84. The molecule has 4 rings (SSSR count). The van der Waals surface area contributed by atoms with E-state index >= 15 is 0 Å². The molecule has 25 heavy (non-hydrogen) atoms. The van der Waals surface area contributed by atoms with Gasteiger partial charge in [0, 0.05) is 18.0 Å². The van der Waals surface area contributed by atoms with Gasteiger partial charge in [-0.1, -0.05) is 18.2 Å². The zero-order chi connectivity index (χ0) is 17.6. The predicted molar refractivity (Wildman–Crippen MR) is 96.2 cm³/mol. The summed E-state index contributed by atoms with van der Waals surface area (Å²) < 4.78 is 7.18. The summed E-state index contributed by atoms with van der Waals surface area (Å²) in [5.74, 6) is -0.166. The van der Waals surface area contributed by atoms with E-state index in [2.05, 4.69) is 10.4 Å². The van der Waals surface area contributed by atoms with Gasteiger partial charge in [0.2, 0.25) is 5.91 Å². The molecule has 4 aromatic rings. The summed E-state index contributed by atoms with van der Waals surface area (Å²) in [7, 11) is 0. The highest BCUT2D eigenvalue weighted by Crippen LogP contribution is 2.29. The van der Waals surface area contributed by atoms with Gasteiger partial charge in [0.1, 0.15) is 11.0 Å². The van der Waals surface area contributed by atoms with Crippen molar-refractivity contribution in [3.8, 4) is 5.69 Å². The Hall–Kier alpha value is -3.41. The van der Waals surface area contributed by atoms with Crippen molar-refractivity contribution in [3.05, 3.63) is 64.6 Å². The van der Waals surface area contributed by atoms with Gasteiger partial charge in [0.25, 0.3) is 0 Å². The number of aromatic nitrogens is 2. The number of para-hydroxylation sites is 1. The Bertz CT molecular complexity index is 1170. The lowest BCUT2D eigenvalue weighted by atomic mass is 10.1. The zero-order valence-corrected chi connectivity index (χ0v) is 13.7. The maximum atomic E-state index is 12.4. The largest absolute Gasteiger partial charge is 0.422 e. The normalized spacial score (nSPS) is 11.1. The molecule has 0 unspecified atom stereocenters. The van der Waals surface area contributed by atoms with E-state index in [9.17, 15) is 9.59 Å². The fraction of sp³-hybridized carbons (Fsp3) is 0.105. The van der Waals surface area contributed by atoms with Gasteiger partial charge in [0.15, 0.2) is 0 Å². The lowest BCUT2D eigenvalue weighted by molar-refractivity contribution is -0.114. The minimum absolute atomic E-state index is 0.166. The highest BCUT2D eigenvalue weighted by atomic mass is 16.4. The highest BCUT2D eigenvalue weighted by molar-refractivity contribution is 6.05. The summed E-state index contributed by atoms with van der Waals surface area (Å²) in [6.45, 7) is 3.23. The average Bonchev–Trinajstić information content (AvgIpc) is 2.94. The third-order valence-electron chi connectivity index (χ3n) is 4.02.